The second-order valence-corrected chi connectivity index (χ2v) is 3.05. The van der Waals surface area contributed by atoms with Gasteiger partial charge in [-0.15, -0.1) is 0 Å². The van der Waals surface area contributed by atoms with Gasteiger partial charge in [-0.3, -0.25) is 9.59 Å². The number of benzene rings is 1. The zero-order valence-corrected chi connectivity index (χ0v) is 7.76. The van der Waals surface area contributed by atoms with Crippen molar-refractivity contribution in [3.63, 3.8) is 0 Å². The lowest BCUT2D eigenvalue weighted by Crippen LogP contribution is -2.15. The normalized spacial score (nSPS) is 9.69. The minimum absolute atomic E-state index is 0.205. The number of halogens is 1. The van der Waals surface area contributed by atoms with Crippen molar-refractivity contribution in [3.05, 3.63) is 34.3 Å². The third-order valence-electron chi connectivity index (χ3n) is 1.63. The van der Waals surface area contributed by atoms with Crippen molar-refractivity contribution in [1.29, 1.82) is 0 Å². The highest BCUT2D eigenvalue weighted by molar-refractivity contribution is 6.31. The molecular formula is C9H8ClNO2. The van der Waals surface area contributed by atoms with Crippen molar-refractivity contribution in [1.82, 2.24) is 0 Å². The predicted molar refractivity (Wildman–Crippen MR) is 50.0 cm³/mol. The highest BCUT2D eigenvalue weighted by Crippen LogP contribution is 2.16. The van der Waals surface area contributed by atoms with Crippen molar-refractivity contribution >= 4 is 23.3 Å². The molecule has 4 heteroatoms. The summed E-state index contributed by atoms with van der Waals surface area (Å²) in [6.45, 7) is 1.36. The van der Waals surface area contributed by atoms with Gasteiger partial charge in [0.05, 0.1) is 0 Å². The summed E-state index contributed by atoms with van der Waals surface area (Å²) in [7, 11) is 0. The Kier molecular flexibility index (Phi) is 2.68. The monoisotopic (exact) mass is 197 g/mol. The Hall–Kier alpha value is -1.35. The van der Waals surface area contributed by atoms with Gasteiger partial charge >= 0.3 is 0 Å². The van der Waals surface area contributed by atoms with Crippen LogP contribution in [0.2, 0.25) is 5.02 Å². The molecule has 13 heavy (non-hydrogen) atoms. The van der Waals surface area contributed by atoms with Crippen LogP contribution in [0, 0.1) is 0 Å². The highest BCUT2D eigenvalue weighted by atomic mass is 35.5. The maximum atomic E-state index is 11.1. The van der Waals surface area contributed by atoms with Gasteiger partial charge in [-0.05, 0) is 25.1 Å². The molecule has 0 aromatic heterocycles. The molecule has 2 N–H and O–H groups in total. The fourth-order valence-electron chi connectivity index (χ4n) is 1.02. The number of carbonyl (C=O) groups excluding carboxylic acids is 2. The van der Waals surface area contributed by atoms with Gasteiger partial charge in [-0.1, -0.05) is 11.6 Å². The standard InChI is InChI=1S/C9H8ClNO2/c1-5(12)8-4-6(10)2-3-7(8)9(11)13/h2-4H,1H3,(H2,11,13). The Labute approximate surface area is 80.5 Å². The lowest BCUT2D eigenvalue weighted by atomic mass is 10.0. The number of carbonyl (C=O) groups is 2. The summed E-state index contributed by atoms with van der Waals surface area (Å²) in [6.07, 6.45) is 0. The van der Waals surface area contributed by atoms with Gasteiger partial charge in [0.25, 0.3) is 0 Å². The first-order valence-corrected chi connectivity index (χ1v) is 4.00. The van der Waals surface area contributed by atoms with Crippen molar-refractivity contribution in [3.8, 4) is 0 Å². The molecule has 0 radical (unpaired) electrons. The van der Waals surface area contributed by atoms with E-state index in [1.807, 2.05) is 0 Å². The molecule has 0 atom stereocenters. The quantitative estimate of drug-likeness (QED) is 0.733. The number of ketones is 1. The summed E-state index contributed by atoms with van der Waals surface area (Å²) in [6, 6.07) is 4.40. The van der Waals surface area contributed by atoms with E-state index in [1.165, 1.54) is 25.1 Å². The van der Waals surface area contributed by atoms with Crippen LogP contribution in [0.3, 0.4) is 0 Å². The third kappa shape index (κ3) is 2.06. The molecule has 1 aromatic rings. The molecule has 1 aromatic carbocycles. The largest absolute Gasteiger partial charge is 0.366 e. The van der Waals surface area contributed by atoms with Crippen molar-refractivity contribution in [2.24, 2.45) is 5.73 Å². The molecule has 0 saturated heterocycles. The van der Waals surface area contributed by atoms with E-state index in [0.717, 1.165) is 0 Å². The van der Waals surface area contributed by atoms with Gasteiger partial charge in [0.15, 0.2) is 5.78 Å². The van der Waals surface area contributed by atoms with Gasteiger partial charge in [-0.2, -0.15) is 0 Å². The van der Waals surface area contributed by atoms with Crippen LogP contribution < -0.4 is 5.73 Å². The first-order valence-electron chi connectivity index (χ1n) is 3.62. The molecule has 0 unspecified atom stereocenters. The maximum Gasteiger partial charge on any atom is 0.249 e. The van der Waals surface area contributed by atoms with Crippen LogP contribution in [-0.4, -0.2) is 11.7 Å². The van der Waals surface area contributed by atoms with E-state index in [9.17, 15) is 9.59 Å². The Morgan fingerprint density at radius 2 is 1.92 bits per heavy atom. The average Bonchev–Trinajstić information content (AvgIpc) is 2.03. The molecule has 68 valence electrons. The SMILES string of the molecule is CC(=O)c1cc(Cl)ccc1C(N)=O. The molecule has 1 rings (SSSR count). The highest BCUT2D eigenvalue weighted by Gasteiger charge is 2.11. The minimum Gasteiger partial charge on any atom is -0.366 e. The molecule has 1 amide bonds. The topological polar surface area (TPSA) is 60.2 Å². The molecule has 0 aliphatic heterocycles. The molecule has 0 bridgehead atoms. The minimum atomic E-state index is -0.623. The fraction of sp³-hybridized carbons (Fsp3) is 0.111. The Morgan fingerprint density at radius 3 is 2.38 bits per heavy atom. The maximum absolute atomic E-state index is 11.1. The number of hydrogen-bond donors (Lipinski definition) is 1. The lowest BCUT2D eigenvalue weighted by Gasteiger charge is -2.02. The average molecular weight is 198 g/mol. The van der Waals surface area contributed by atoms with Crippen molar-refractivity contribution < 1.29 is 9.59 Å². The van der Waals surface area contributed by atoms with Crippen LogP contribution in [0.4, 0.5) is 0 Å². The first kappa shape index (κ1) is 9.74. The van der Waals surface area contributed by atoms with Gasteiger partial charge in [0.2, 0.25) is 5.91 Å². The zero-order valence-electron chi connectivity index (χ0n) is 7.00. The number of nitrogens with two attached hydrogens (primary N) is 1. The summed E-state index contributed by atoms with van der Waals surface area (Å²) in [5.41, 5.74) is 5.54. The summed E-state index contributed by atoms with van der Waals surface area (Å²) >= 11 is 5.66. The van der Waals surface area contributed by atoms with Gasteiger partial charge in [0.1, 0.15) is 0 Å². The van der Waals surface area contributed by atoms with E-state index in [-0.39, 0.29) is 16.9 Å². The Bertz CT molecular complexity index is 374. The van der Waals surface area contributed by atoms with Gasteiger partial charge < -0.3 is 5.73 Å². The summed E-state index contributed by atoms with van der Waals surface area (Å²) in [5.74, 6) is -0.849. The van der Waals surface area contributed by atoms with Crippen LogP contribution in [0.5, 0.6) is 0 Å². The molecule has 0 aliphatic carbocycles. The predicted octanol–water partition coefficient (Wildman–Crippen LogP) is 1.64. The summed E-state index contributed by atoms with van der Waals surface area (Å²) < 4.78 is 0. The fourth-order valence-corrected chi connectivity index (χ4v) is 1.19. The van der Waals surface area contributed by atoms with E-state index >= 15 is 0 Å². The Balaban J connectivity index is 3.35. The van der Waals surface area contributed by atoms with Crippen molar-refractivity contribution in [2.45, 2.75) is 6.92 Å². The summed E-state index contributed by atoms with van der Waals surface area (Å²) in [5, 5.41) is 0.412. The van der Waals surface area contributed by atoms with E-state index in [4.69, 9.17) is 17.3 Å². The number of rotatable bonds is 2. The summed E-state index contributed by atoms with van der Waals surface area (Å²) in [4.78, 5) is 21.9. The van der Waals surface area contributed by atoms with Crippen LogP contribution in [-0.2, 0) is 0 Å². The van der Waals surface area contributed by atoms with Crippen LogP contribution in [0.25, 0.3) is 0 Å². The molecule has 0 saturated carbocycles. The van der Waals surface area contributed by atoms with E-state index in [1.54, 1.807) is 0 Å². The number of amides is 1. The zero-order chi connectivity index (χ0) is 10.0. The van der Waals surface area contributed by atoms with Crippen molar-refractivity contribution in [2.75, 3.05) is 0 Å². The molecule has 0 heterocycles. The van der Waals surface area contributed by atoms with Crippen LogP contribution >= 0.6 is 11.6 Å². The molecular weight excluding hydrogens is 190 g/mol. The molecule has 0 spiro atoms. The number of primary amides is 1. The first-order chi connectivity index (χ1) is 6.02. The third-order valence-corrected chi connectivity index (χ3v) is 1.86. The van der Waals surface area contributed by atoms with Gasteiger partial charge in [0, 0.05) is 16.1 Å². The smallest absolute Gasteiger partial charge is 0.249 e. The molecule has 3 nitrogen and oxygen atoms in total. The Morgan fingerprint density at radius 1 is 1.31 bits per heavy atom. The van der Waals surface area contributed by atoms with Crippen LogP contribution in [0.15, 0.2) is 18.2 Å². The number of hydrogen-bond acceptors (Lipinski definition) is 2. The van der Waals surface area contributed by atoms with Crippen LogP contribution in [0.1, 0.15) is 27.6 Å². The number of Topliss-reactive ketones (excluding diaryl/α,β-unsaturated/α-hetero) is 1. The van der Waals surface area contributed by atoms with E-state index in [0.29, 0.717) is 5.02 Å². The molecule has 0 aliphatic rings. The second-order valence-electron chi connectivity index (χ2n) is 2.61. The van der Waals surface area contributed by atoms with E-state index < -0.39 is 5.91 Å². The van der Waals surface area contributed by atoms with Gasteiger partial charge in [-0.25, -0.2) is 0 Å². The lowest BCUT2D eigenvalue weighted by molar-refractivity contribution is 0.0973. The van der Waals surface area contributed by atoms with E-state index in [2.05, 4.69) is 0 Å². The second kappa shape index (κ2) is 3.58. The molecule has 0 fully saturated rings.